The van der Waals surface area contributed by atoms with Gasteiger partial charge in [0.05, 0.1) is 30.1 Å². The van der Waals surface area contributed by atoms with Gasteiger partial charge in [-0.3, -0.25) is 18.6 Å². The largest absolute Gasteiger partial charge is 0.475 e. The first-order chi connectivity index (χ1) is 13.4. The molecule has 29 heavy (non-hydrogen) atoms. The predicted molar refractivity (Wildman–Crippen MR) is 128 cm³/mol. The van der Waals surface area contributed by atoms with Gasteiger partial charge in [0.25, 0.3) is 0 Å². The van der Waals surface area contributed by atoms with Crippen molar-refractivity contribution < 1.29 is 22.9 Å². The average Bonchev–Trinajstić information content (AvgIpc) is 2.58. The zero-order chi connectivity index (χ0) is 22.6. The van der Waals surface area contributed by atoms with Gasteiger partial charge >= 0.3 is 7.82 Å². The average molecular weight is 468 g/mol. The van der Waals surface area contributed by atoms with Crippen LogP contribution in [-0.2, 0) is 22.9 Å². The van der Waals surface area contributed by atoms with Gasteiger partial charge in [0.2, 0.25) is 0 Å². The molecule has 0 aliphatic carbocycles. The number of phosphoric ester groups is 1. The van der Waals surface area contributed by atoms with Gasteiger partial charge in [0, 0.05) is 19.5 Å². The van der Waals surface area contributed by atoms with Gasteiger partial charge in [-0.15, -0.1) is 0 Å². The quantitative estimate of drug-likeness (QED) is 0.0812. The van der Waals surface area contributed by atoms with Crippen LogP contribution in [0.25, 0.3) is 0 Å². The molecule has 0 radical (unpaired) electrons. The molecule has 0 saturated heterocycles. The number of aliphatic imine (C=N–C) groups is 1. The summed E-state index contributed by atoms with van der Waals surface area (Å²) in [6, 6.07) is 0. The molecule has 9 heteroatoms. The van der Waals surface area contributed by atoms with Crippen LogP contribution < -0.4 is 0 Å². The first-order valence-corrected chi connectivity index (χ1v) is 13.3. The molecule has 6 nitrogen and oxygen atoms in total. The minimum absolute atomic E-state index is 0.250. The molecule has 0 fully saturated rings. The van der Waals surface area contributed by atoms with E-state index in [0.717, 1.165) is 16.9 Å². The highest BCUT2D eigenvalue weighted by Gasteiger charge is 2.34. The van der Waals surface area contributed by atoms with E-state index in [1.807, 2.05) is 34.6 Å². The fourth-order valence-corrected chi connectivity index (χ4v) is 6.93. The molecule has 0 aromatic rings. The third-order valence-corrected chi connectivity index (χ3v) is 8.82. The van der Waals surface area contributed by atoms with E-state index in [-0.39, 0.29) is 18.0 Å². The van der Waals surface area contributed by atoms with Crippen LogP contribution in [0.3, 0.4) is 0 Å². The lowest BCUT2D eigenvalue weighted by molar-refractivity contribution is 0.0399. The second-order valence-corrected chi connectivity index (χ2v) is 12.0. The molecule has 1 unspecified atom stereocenters. The molecule has 0 aliphatic heterocycles. The van der Waals surface area contributed by atoms with Crippen LogP contribution in [0.15, 0.2) is 29.3 Å². The van der Waals surface area contributed by atoms with Gasteiger partial charge in [-0.05, 0) is 54.2 Å². The van der Waals surface area contributed by atoms with E-state index >= 15 is 0 Å². The lowest BCUT2D eigenvalue weighted by Gasteiger charge is -2.32. The summed E-state index contributed by atoms with van der Waals surface area (Å²) in [6.45, 7) is 22.8. The molecule has 0 aromatic heterocycles. The van der Waals surface area contributed by atoms with Crippen molar-refractivity contribution in [1.29, 1.82) is 0 Å². The Morgan fingerprint density at radius 2 is 1.59 bits per heavy atom. The van der Waals surface area contributed by atoms with Crippen molar-refractivity contribution in [3.05, 3.63) is 24.3 Å². The highest BCUT2D eigenvalue weighted by molar-refractivity contribution is 8.77. The predicted octanol–water partition coefficient (Wildman–Crippen LogP) is 6.34. The molecule has 0 N–H and O–H groups in total. The lowest BCUT2D eigenvalue weighted by Crippen LogP contribution is -2.30. The zero-order valence-electron chi connectivity index (χ0n) is 18.8. The maximum atomic E-state index is 12.9. The SMILES string of the molecule is C=NCC(SSCCCOP(=O)(OCCCOC)OC(C)(C)C)(C(=C)C)C(=C)C. The van der Waals surface area contributed by atoms with Crippen LogP contribution in [-0.4, -0.2) is 56.3 Å². The summed E-state index contributed by atoms with van der Waals surface area (Å²) in [5.74, 6) is 0.795. The van der Waals surface area contributed by atoms with Crippen LogP contribution in [0.4, 0.5) is 0 Å². The molecule has 0 aromatic carbocycles. The van der Waals surface area contributed by atoms with E-state index in [0.29, 0.717) is 26.0 Å². The number of nitrogens with zero attached hydrogens (tertiary/aromatic N) is 1. The second kappa shape index (κ2) is 14.1. The van der Waals surface area contributed by atoms with Crippen molar-refractivity contribution in [2.45, 2.75) is 57.8 Å². The van der Waals surface area contributed by atoms with Crippen molar-refractivity contribution in [2.75, 3.05) is 39.2 Å². The number of rotatable bonds is 17. The first kappa shape index (κ1) is 28.9. The van der Waals surface area contributed by atoms with Crippen LogP contribution in [0.2, 0.25) is 0 Å². The Morgan fingerprint density at radius 1 is 1.03 bits per heavy atom. The number of methoxy groups -OCH3 is 1. The molecule has 0 saturated carbocycles. The van der Waals surface area contributed by atoms with Crippen molar-refractivity contribution >= 4 is 36.1 Å². The molecule has 1 atom stereocenters. The summed E-state index contributed by atoms with van der Waals surface area (Å²) < 4.78 is 34.1. The summed E-state index contributed by atoms with van der Waals surface area (Å²) in [6.07, 6.45) is 1.31. The van der Waals surface area contributed by atoms with Crippen molar-refractivity contribution in [3.63, 3.8) is 0 Å². The van der Waals surface area contributed by atoms with Crippen LogP contribution in [0.5, 0.6) is 0 Å². The topological polar surface area (TPSA) is 66.4 Å². The maximum absolute atomic E-state index is 12.9. The summed E-state index contributed by atoms with van der Waals surface area (Å²) in [5.41, 5.74) is 1.36. The molecule has 0 aliphatic rings. The number of phosphoric acid groups is 1. The van der Waals surface area contributed by atoms with E-state index in [4.69, 9.17) is 18.3 Å². The van der Waals surface area contributed by atoms with Crippen molar-refractivity contribution in [2.24, 2.45) is 4.99 Å². The monoisotopic (exact) mass is 467 g/mol. The number of hydrogen-bond donors (Lipinski definition) is 0. The molecule has 0 amide bonds. The fraction of sp³-hybridized carbons (Fsp3) is 0.750. The van der Waals surface area contributed by atoms with Gasteiger partial charge in [-0.2, -0.15) is 0 Å². The van der Waals surface area contributed by atoms with E-state index in [2.05, 4.69) is 24.9 Å². The summed E-state index contributed by atoms with van der Waals surface area (Å²) in [4.78, 5) is 4.06. The molecular formula is C20H38NO5PS2. The third kappa shape index (κ3) is 11.8. The standard InChI is InChI=1S/C20H38NO5PS2/c1-17(2)20(16-21-8,18(3)4)29-28-15-11-14-25-27(22,26-19(5,6)7)24-13-10-12-23-9/h1,3,8,10-16H2,2,4-7,9H3. The minimum atomic E-state index is -3.63. The molecule has 0 bridgehead atoms. The molecule has 0 spiro atoms. The van der Waals surface area contributed by atoms with E-state index < -0.39 is 13.4 Å². The van der Waals surface area contributed by atoms with Gasteiger partial charge in [0.15, 0.2) is 0 Å². The van der Waals surface area contributed by atoms with E-state index in [9.17, 15) is 4.57 Å². The fourth-order valence-electron chi connectivity index (χ4n) is 2.20. The smallest absolute Gasteiger partial charge is 0.385 e. The highest BCUT2D eigenvalue weighted by atomic mass is 33.1. The molecule has 170 valence electrons. The molecular weight excluding hydrogens is 429 g/mol. The van der Waals surface area contributed by atoms with Crippen molar-refractivity contribution in [1.82, 2.24) is 0 Å². The number of hydrogen-bond acceptors (Lipinski definition) is 8. The summed E-state index contributed by atoms with van der Waals surface area (Å²) >= 11 is 0. The Bertz CT molecular complexity index is 564. The van der Waals surface area contributed by atoms with E-state index in [1.165, 1.54) is 0 Å². The Morgan fingerprint density at radius 3 is 2.03 bits per heavy atom. The first-order valence-electron chi connectivity index (χ1n) is 9.56. The Kier molecular flexibility index (Phi) is 14.0. The van der Waals surface area contributed by atoms with Crippen molar-refractivity contribution in [3.8, 4) is 0 Å². The second-order valence-electron chi connectivity index (χ2n) is 7.69. The highest BCUT2D eigenvalue weighted by Crippen LogP contribution is 2.53. The summed E-state index contributed by atoms with van der Waals surface area (Å²) in [5, 5.41) is 0. The number of ether oxygens (including phenoxy) is 1. The van der Waals surface area contributed by atoms with Gasteiger partial charge in [0.1, 0.15) is 0 Å². The van der Waals surface area contributed by atoms with Gasteiger partial charge < -0.3 is 4.74 Å². The summed E-state index contributed by atoms with van der Waals surface area (Å²) in [7, 11) is 1.35. The van der Waals surface area contributed by atoms with Crippen LogP contribution in [0, 0.1) is 0 Å². The Balaban J connectivity index is 4.60. The van der Waals surface area contributed by atoms with Crippen LogP contribution >= 0.6 is 29.4 Å². The van der Waals surface area contributed by atoms with Crippen LogP contribution in [0.1, 0.15) is 47.5 Å². The lowest BCUT2D eigenvalue weighted by atomic mass is 9.94. The Hall–Kier alpha value is -0.0800. The molecule has 0 rings (SSSR count). The third-order valence-electron chi connectivity index (χ3n) is 3.66. The Labute approximate surface area is 185 Å². The normalized spacial score (nSPS) is 14.4. The molecule has 0 heterocycles. The zero-order valence-corrected chi connectivity index (χ0v) is 21.4. The minimum Gasteiger partial charge on any atom is -0.385 e. The van der Waals surface area contributed by atoms with E-state index in [1.54, 1.807) is 28.7 Å². The maximum Gasteiger partial charge on any atom is 0.475 e. The van der Waals surface area contributed by atoms with Gasteiger partial charge in [-0.1, -0.05) is 45.9 Å². The van der Waals surface area contributed by atoms with Gasteiger partial charge in [-0.25, -0.2) is 4.57 Å².